The van der Waals surface area contributed by atoms with E-state index in [1.807, 2.05) is 28.8 Å². The topological polar surface area (TPSA) is 46.3 Å². The fourth-order valence-electron chi connectivity index (χ4n) is 1.63. The minimum Gasteiger partial charge on any atom is -0.398 e. The molecule has 2 rings (SSSR count). The second-order valence-corrected chi connectivity index (χ2v) is 4.72. The van der Waals surface area contributed by atoms with E-state index in [-0.39, 0.29) is 18.3 Å². The second-order valence-electron chi connectivity index (χ2n) is 3.49. The number of hydrogen-bond donors (Lipinski definition) is 1. The number of amides is 1. The van der Waals surface area contributed by atoms with Gasteiger partial charge in [-0.15, -0.1) is 12.4 Å². The lowest BCUT2D eigenvalue weighted by Crippen LogP contribution is -2.38. The molecule has 1 heterocycles. The van der Waals surface area contributed by atoms with Crippen LogP contribution < -0.4 is 5.73 Å². The van der Waals surface area contributed by atoms with Gasteiger partial charge in [0.15, 0.2) is 0 Å². The Balaban J connectivity index is 0.00000128. The molecule has 1 aliphatic rings. The minimum atomic E-state index is 0. The number of carbonyl (C=O) groups is 1. The zero-order valence-electron chi connectivity index (χ0n) is 8.89. The summed E-state index contributed by atoms with van der Waals surface area (Å²) in [6.07, 6.45) is 0. The molecule has 0 aliphatic carbocycles. The molecule has 16 heavy (non-hydrogen) atoms. The number of carbonyl (C=O) groups excluding carboxylic acids is 1. The molecular weight excluding hydrogens is 244 g/mol. The normalized spacial score (nSPS) is 15.4. The summed E-state index contributed by atoms with van der Waals surface area (Å²) in [5.41, 5.74) is 6.97. The molecule has 0 aromatic heterocycles. The highest BCUT2D eigenvalue weighted by Crippen LogP contribution is 2.16. The third-order valence-electron chi connectivity index (χ3n) is 2.49. The average molecular weight is 259 g/mol. The lowest BCUT2D eigenvalue weighted by molar-refractivity contribution is 0.0773. The number of thioether (sulfide) groups is 1. The molecule has 0 saturated carbocycles. The standard InChI is InChI=1S/C11H14N2OS.ClH/c12-10-4-2-1-3-9(10)11(14)13-5-7-15-8-6-13;/h1-4H,5-8,12H2;1H. The summed E-state index contributed by atoms with van der Waals surface area (Å²) >= 11 is 1.89. The van der Waals surface area contributed by atoms with Crippen LogP contribution in [0, 0.1) is 0 Å². The van der Waals surface area contributed by atoms with Gasteiger partial charge in [0.05, 0.1) is 5.56 Å². The van der Waals surface area contributed by atoms with Crippen LogP contribution in [0.5, 0.6) is 0 Å². The van der Waals surface area contributed by atoms with Gasteiger partial charge in [0.2, 0.25) is 0 Å². The van der Waals surface area contributed by atoms with E-state index in [0.29, 0.717) is 11.3 Å². The van der Waals surface area contributed by atoms with Crippen molar-refractivity contribution in [3.63, 3.8) is 0 Å². The van der Waals surface area contributed by atoms with Crippen molar-refractivity contribution in [3.05, 3.63) is 29.8 Å². The summed E-state index contributed by atoms with van der Waals surface area (Å²) in [4.78, 5) is 13.9. The lowest BCUT2D eigenvalue weighted by atomic mass is 10.1. The number of hydrogen-bond acceptors (Lipinski definition) is 3. The fourth-order valence-corrected chi connectivity index (χ4v) is 2.53. The molecule has 0 atom stereocenters. The summed E-state index contributed by atoms with van der Waals surface area (Å²) in [5, 5.41) is 0. The molecule has 88 valence electrons. The average Bonchev–Trinajstić information content (AvgIpc) is 2.30. The van der Waals surface area contributed by atoms with Crippen LogP contribution in [0.1, 0.15) is 10.4 Å². The summed E-state index contributed by atoms with van der Waals surface area (Å²) in [5.74, 6) is 2.12. The number of para-hydroxylation sites is 1. The summed E-state index contributed by atoms with van der Waals surface area (Å²) in [6, 6.07) is 7.26. The van der Waals surface area contributed by atoms with Gasteiger partial charge >= 0.3 is 0 Å². The van der Waals surface area contributed by atoms with E-state index in [9.17, 15) is 4.79 Å². The van der Waals surface area contributed by atoms with E-state index in [2.05, 4.69) is 0 Å². The SMILES string of the molecule is Cl.Nc1ccccc1C(=O)N1CCSCC1. The van der Waals surface area contributed by atoms with Crippen LogP contribution in [-0.2, 0) is 0 Å². The van der Waals surface area contributed by atoms with Crippen molar-refractivity contribution in [1.29, 1.82) is 0 Å². The molecule has 0 spiro atoms. The van der Waals surface area contributed by atoms with Crippen LogP contribution >= 0.6 is 24.2 Å². The number of rotatable bonds is 1. The summed E-state index contributed by atoms with van der Waals surface area (Å²) in [7, 11) is 0. The van der Waals surface area contributed by atoms with Gasteiger partial charge in [0, 0.05) is 30.3 Å². The first kappa shape index (κ1) is 13.2. The Bertz CT molecular complexity index is 367. The molecule has 1 amide bonds. The quantitative estimate of drug-likeness (QED) is 0.783. The van der Waals surface area contributed by atoms with E-state index in [0.717, 1.165) is 24.6 Å². The summed E-state index contributed by atoms with van der Waals surface area (Å²) < 4.78 is 0. The van der Waals surface area contributed by atoms with Crippen LogP contribution in [0.15, 0.2) is 24.3 Å². The van der Waals surface area contributed by atoms with Gasteiger partial charge in [-0.25, -0.2) is 0 Å². The van der Waals surface area contributed by atoms with Crippen LogP contribution in [0.3, 0.4) is 0 Å². The van der Waals surface area contributed by atoms with E-state index in [1.165, 1.54) is 0 Å². The molecule has 0 bridgehead atoms. The first-order valence-electron chi connectivity index (χ1n) is 5.00. The number of benzene rings is 1. The predicted molar refractivity (Wildman–Crippen MR) is 71.3 cm³/mol. The first-order valence-corrected chi connectivity index (χ1v) is 6.16. The van der Waals surface area contributed by atoms with Gasteiger partial charge in [-0.1, -0.05) is 12.1 Å². The maximum absolute atomic E-state index is 12.1. The molecule has 1 fully saturated rings. The molecular formula is C11H15ClN2OS. The predicted octanol–water partition coefficient (Wildman–Crippen LogP) is 1.88. The van der Waals surface area contributed by atoms with Crippen LogP contribution in [0.25, 0.3) is 0 Å². The van der Waals surface area contributed by atoms with Crippen molar-refractivity contribution in [3.8, 4) is 0 Å². The number of anilines is 1. The van der Waals surface area contributed by atoms with E-state index in [4.69, 9.17) is 5.73 Å². The molecule has 1 saturated heterocycles. The second kappa shape index (κ2) is 6.01. The van der Waals surface area contributed by atoms with Gasteiger partial charge in [-0.2, -0.15) is 11.8 Å². The first-order chi connectivity index (χ1) is 7.29. The Kier molecular flexibility index (Phi) is 4.96. The Morgan fingerprint density at radius 1 is 1.25 bits per heavy atom. The van der Waals surface area contributed by atoms with Gasteiger partial charge in [-0.05, 0) is 12.1 Å². The smallest absolute Gasteiger partial charge is 0.255 e. The van der Waals surface area contributed by atoms with Crippen molar-refractivity contribution in [2.24, 2.45) is 0 Å². The highest BCUT2D eigenvalue weighted by molar-refractivity contribution is 7.99. The zero-order chi connectivity index (χ0) is 10.7. The van der Waals surface area contributed by atoms with Gasteiger partial charge in [0.25, 0.3) is 5.91 Å². The van der Waals surface area contributed by atoms with Crippen molar-refractivity contribution in [1.82, 2.24) is 4.90 Å². The number of nitrogens with two attached hydrogens (primary N) is 1. The molecule has 0 radical (unpaired) electrons. The highest BCUT2D eigenvalue weighted by atomic mass is 35.5. The monoisotopic (exact) mass is 258 g/mol. The number of nitrogen functional groups attached to an aromatic ring is 1. The van der Waals surface area contributed by atoms with Crippen molar-refractivity contribution in [2.45, 2.75) is 0 Å². The molecule has 2 N–H and O–H groups in total. The van der Waals surface area contributed by atoms with E-state index in [1.54, 1.807) is 12.1 Å². The van der Waals surface area contributed by atoms with Crippen LogP contribution in [0.2, 0.25) is 0 Å². The molecule has 1 aliphatic heterocycles. The molecule has 3 nitrogen and oxygen atoms in total. The fraction of sp³-hybridized carbons (Fsp3) is 0.364. The Labute approximate surface area is 106 Å². The van der Waals surface area contributed by atoms with Gasteiger partial charge in [0.1, 0.15) is 0 Å². The zero-order valence-corrected chi connectivity index (χ0v) is 10.5. The van der Waals surface area contributed by atoms with Crippen LogP contribution in [-0.4, -0.2) is 35.4 Å². The lowest BCUT2D eigenvalue weighted by Gasteiger charge is -2.26. The molecule has 5 heteroatoms. The van der Waals surface area contributed by atoms with E-state index >= 15 is 0 Å². The molecule has 1 aromatic carbocycles. The Morgan fingerprint density at radius 3 is 2.50 bits per heavy atom. The van der Waals surface area contributed by atoms with Gasteiger partial charge < -0.3 is 10.6 Å². The molecule has 1 aromatic rings. The van der Waals surface area contributed by atoms with Crippen molar-refractivity contribution in [2.75, 3.05) is 30.3 Å². The number of nitrogens with zero attached hydrogens (tertiary/aromatic N) is 1. The van der Waals surface area contributed by atoms with Crippen molar-refractivity contribution < 1.29 is 4.79 Å². The minimum absolute atomic E-state index is 0. The highest BCUT2D eigenvalue weighted by Gasteiger charge is 2.19. The maximum Gasteiger partial charge on any atom is 0.255 e. The maximum atomic E-state index is 12.1. The summed E-state index contributed by atoms with van der Waals surface area (Å²) in [6.45, 7) is 1.66. The number of halogens is 1. The Morgan fingerprint density at radius 2 is 1.88 bits per heavy atom. The molecule has 0 unspecified atom stereocenters. The third-order valence-corrected chi connectivity index (χ3v) is 3.43. The largest absolute Gasteiger partial charge is 0.398 e. The van der Waals surface area contributed by atoms with E-state index < -0.39 is 0 Å². The van der Waals surface area contributed by atoms with Crippen molar-refractivity contribution >= 4 is 35.8 Å². The van der Waals surface area contributed by atoms with Gasteiger partial charge in [-0.3, -0.25) is 4.79 Å². The Hall–Kier alpha value is -0.870. The van der Waals surface area contributed by atoms with Crippen LogP contribution in [0.4, 0.5) is 5.69 Å². The third kappa shape index (κ3) is 2.83.